The predicted molar refractivity (Wildman–Crippen MR) is 67.0 cm³/mol. The van der Waals surface area contributed by atoms with Crippen LogP contribution in [0.25, 0.3) is 0 Å². The number of rotatable bonds is 9. The molecule has 2 N–H and O–H groups in total. The second kappa shape index (κ2) is 9.44. The Morgan fingerprint density at radius 1 is 1.17 bits per heavy atom. The Kier molecular flexibility index (Phi) is 8.61. The van der Waals surface area contributed by atoms with E-state index in [1.165, 1.54) is 4.90 Å². The Morgan fingerprint density at radius 2 is 1.83 bits per heavy atom. The van der Waals surface area contributed by atoms with Gasteiger partial charge in [-0.25, -0.2) is 0 Å². The smallest absolute Gasteiger partial charge is 0.305 e. The summed E-state index contributed by atoms with van der Waals surface area (Å²) in [6.07, 6.45) is 1.93. The Hall–Kier alpha value is -1.59. The summed E-state index contributed by atoms with van der Waals surface area (Å²) < 4.78 is 0. The highest BCUT2D eigenvalue weighted by Crippen LogP contribution is 2.00. The van der Waals surface area contributed by atoms with Crippen LogP contribution in [0.2, 0.25) is 0 Å². The molecule has 0 aliphatic rings. The zero-order valence-corrected chi connectivity index (χ0v) is 11.1. The van der Waals surface area contributed by atoms with Crippen molar-refractivity contribution in [1.29, 1.82) is 0 Å². The van der Waals surface area contributed by atoms with Gasteiger partial charge < -0.3 is 15.3 Å². The van der Waals surface area contributed by atoms with Gasteiger partial charge in [-0.2, -0.15) is 0 Å². The van der Waals surface area contributed by atoms with Crippen LogP contribution in [0.4, 0.5) is 0 Å². The Labute approximate surface area is 107 Å². The maximum Gasteiger partial charge on any atom is 0.305 e. The molecule has 0 aromatic heterocycles. The van der Waals surface area contributed by atoms with Gasteiger partial charge in [0, 0.05) is 33.0 Å². The molecule has 0 rings (SSSR count). The fraction of sp³-hybridized carbons (Fsp3) is 0.750. The normalized spacial score (nSPS) is 9.89. The molecule has 0 saturated heterocycles. The average Bonchev–Trinajstić information content (AvgIpc) is 2.33. The van der Waals surface area contributed by atoms with Crippen LogP contribution in [0.15, 0.2) is 0 Å². The number of aliphatic carboxylic acids is 1. The SMILES string of the molecule is CCCNC(=O)CCCC(=O)N(C)CCC(=O)O. The highest BCUT2D eigenvalue weighted by molar-refractivity contribution is 5.79. The molecule has 0 radical (unpaired) electrons. The van der Waals surface area contributed by atoms with E-state index < -0.39 is 5.97 Å². The first-order chi connectivity index (χ1) is 8.47. The van der Waals surface area contributed by atoms with Gasteiger partial charge in [0.2, 0.25) is 11.8 Å². The van der Waals surface area contributed by atoms with E-state index in [0.717, 1.165) is 6.42 Å². The molecule has 0 aliphatic carbocycles. The van der Waals surface area contributed by atoms with Gasteiger partial charge in [0.05, 0.1) is 6.42 Å². The Balaban J connectivity index is 3.69. The van der Waals surface area contributed by atoms with Gasteiger partial charge >= 0.3 is 5.97 Å². The number of hydrogen-bond donors (Lipinski definition) is 2. The zero-order chi connectivity index (χ0) is 14.0. The van der Waals surface area contributed by atoms with Crippen molar-refractivity contribution in [3.8, 4) is 0 Å². The number of amides is 2. The van der Waals surface area contributed by atoms with Gasteiger partial charge in [-0.05, 0) is 12.8 Å². The third kappa shape index (κ3) is 8.55. The highest BCUT2D eigenvalue weighted by atomic mass is 16.4. The lowest BCUT2D eigenvalue weighted by molar-refractivity contribution is -0.138. The van der Waals surface area contributed by atoms with E-state index in [4.69, 9.17) is 5.11 Å². The molecular formula is C12H22N2O4. The number of carbonyl (C=O) groups excluding carboxylic acids is 2. The van der Waals surface area contributed by atoms with Crippen molar-refractivity contribution in [2.45, 2.75) is 39.0 Å². The van der Waals surface area contributed by atoms with Crippen LogP contribution in [0.1, 0.15) is 39.0 Å². The molecule has 0 unspecified atom stereocenters. The van der Waals surface area contributed by atoms with E-state index in [9.17, 15) is 14.4 Å². The molecule has 18 heavy (non-hydrogen) atoms. The van der Waals surface area contributed by atoms with Gasteiger partial charge in [0.25, 0.3) is 0 Å². The van der Waals surface area contributed by atoms with Crippen LogP contribution >= 0.6 is 0 Å². The van der Waals surface area contributed by atoms with Gasteiger partial charge in [-0.3, -0.25) is 14.4 Å². The molecule has 6 nitrogen and oxygen atoms in total. The minimum absolute atomic E-state index is 0.0437. The van der Waals surface area contributed by atoms with Gasteiger partial charge in [-0.1, -0.05) is 6.92 Å². The maximum absolute atomic E-state index is 11.6. The van der Waals surface area contributed by atoms with Crippen LogP contribution in [-0.2, 0) is 14.4 Å². The van der Waals surface area contributed by atoms with Crippen LogP contribution in [0, 0.1) is 0 Å². The number of carboxylic acid groups (broad SMARTS) is 1. The molecule has 0 saturated carbocycles. The standard InChI is InChI=1S/C12H22N2O4/c1-3-8-13-10(15)5-4-6-11(16)14(2)9-7-12(17)18/h3-9H2,1-2H3,(H,13,15)(H,17,18). The second-order valence-corrected chi connectivity index (χ2v) is 4.16. The monoisotopic (exact) mass is 258 g/mol. The van der Waals surface area contributed by atoms with Crippen molar-refractivity contribution >= 4 is 17.8 Å². The molecule has 6 heteroatoms. The third-order valence-corrected chi connectivity index (χ3v) is 2.45. The minimum atomic E-state index is -0.923. The Morgan fingerprint density at radius 3 is 2.39 bits per heavy atom. The van der Waals surface area contributed by atoms with E-state index in [1.54, 1.807) is 7.05 Å². The molecule has 0 aliphatic heterocycles. The molecule has 0 heterocycles. The summed E-state index contributed by atoms with van der Waals surface area (Å²) in [6.45, 7) is 2.84. The van der Waals surface area contributed by atoms with Crippen LogP contribution in [-0.4, -0.2) is 47.9 Å². The maximum atomic E-state index is 11.6. The van der Waals surface area contributed by atoms with Gasteiger partial charge in [0.1, 0.15) is 0 Å². The third-order valence-electron chi connectivity index (χ3n) is 2.45. The molecule has 104 valence electrons. The first kappa shape index (κ1) is 16.4. The van der Waals surface area contributed by atoms with Crippen LogP contribution in [0.3, 0.4) is 0 Å². The minimum Gasteiger partial charge on any atom is -0.481 e. The highest BCUT2D eigenvalue weighted by Gasteiger charge is 2.10. The topological polar surface area (TPSA) is 86.7 Å². The summed E-state index contributed by atoms with van der Waals surface area (Å²) in [6, 6.07) is 0. The largest absolute Gasteiger partial charge is 0.481 e. The van der Waals surface area contributed by atoms with Crippen molar-refractivity contribution in [2.24, 2.45) is 0 Å². The van der Waals surface area contributed by atoms with Crippen LogP contribution in [0.5, 0.6) is 0 Å². The first-order valence-corrected chi connectivity index (χ1v) is 6.19. The molecule has 2 amide bonds. The van der Waals surface area contributed by atoms with Gasteiger partial charge in [0.15, 0.2) is 0 Å². The lowest BCUT2D eigenvalue weighted by Crippen LogP contribution is -2.29. The van der Waals surface area contributed by atoms with Crippen molar-refractivity contribution in [3.05, 3.63) is 0 Å². The summed E-state index contributed by atoms with van der Waals surface area (Å²) in [5, 5.41) is 11.2. The average molecular weight is 258 g/mol. The fourth-order valence-corrected chi connectivity index (χ4v) is 1.33. The molecule has 0 bridgehead atoms. The fourth-order valence-electron chi connectivity index (χ4n) is 1.33. The molecule has 0 fully saturated rings. The van der Waals surface area contributed by atoms with E-state index >= 15 is 0 Å². The summed E-state index contributed by atoms with van der Waals surface area (Å²) >= 11 is 0. The second-order valence-electron chi connectivity index (χ2n) is 4.16. The number of hydrogen-bond acceptors (Lipinski definition) is 3. The van der Waals surface area contributed by atoms with Crippen molar-refractivity contribution < 1.29 is 19.5 Å². The Bertz CT molecular complexity index is 292. The van der Waals surface area contributed by atoms with Crippen LogP contribution < -0.4 is 5.32 Å². The number of nitrogens with zero attached hydrogens (tertiary/aromatic N) is 1. The lowest BCUT2D eigenvalue weighted by Gasteiger charge is -2.15. The van der Waals surface area contributed by atoms with Crippen molar-refractivity contribution in [2.75, 3.05) is 20.1 Å². The molecule has 0 atom stereocenters. The quantitative estimate of drug-likeness (QED) is 0.634. The predicted octanol–water partition coefficient (Wildman–Crippen LogP) is 0.616. The summed E-state index contributed by atoms with van der Waals surface area (Å²) in [7, 11) is 1.57. The van der Waals surface area contributed by atoms with E-state index in [1.807, 2.05) is 6.92 Å². The molecular weight excluding hydrogens is 236 g/mol. The summed E-state index contributed by atoms with van der Waals surface area (Å²) in [5.41, 5.74) is 0. The summed E-state index contributed by atoms with van der Waals surface area (Å²) in [5.74, 6) is -1.09. The number of carbonyl (C=O) groups is 3. The molecule has 0 aromatic carbocycles. The summed E-state index contributed by atoms with van der Waals surface area (Å²) in [4.78, 5) is 34.5. The lowest BCUT2D eigenvalue weighted by atomic mass is 10.2. The van der Waals surface area contributed by atoms with E-state index in [0.29, 0.717) is 19.4 Å². The number of nitrogens with one attached hydrogen (secondary N) is 1. The number of carboxylic acids is 1. The molecule has 0 spiro atoms. The van der Waals surface area contributed by atoms with E-state index in [2.05, 4.69) is 5.32 Å². The van der Waals surface area contributed by atoms with Crippen molar-refractivity contribution in [3.63, 3.8) is 0 Å². The van der Waals surface area contributed by atoms with Gasteiger partial charge in [-0.15, -0.1) is 0 Å². The van der Waals surface area contributed by atoms with E-state index in [-0.39, 0.29) is 31.2 Å². The van der Waals surface area contributed by atoms with Crippen molar-refractivity contribution in [1.82, 2.24) is 10.2 Å². The molecule has 0 aromatic rings. The zero-order valence-electron chi connectivity index (χ0n) is 11.1. The first-order valence-electron chi connectivity index (χ1n) is 6.19.